The second-order valence-corrected chi connectivity index (χ2v) is 4.25. The van der Waals surface area contributed by atoms with E-state index in [1.165, 1.54) is 6.26 Å². The highest BCUT2D eigenvalue weighted by Crippen LogP contribution is 2.13. The maximum atomic E-state index is 11.5. The first kappa shape index (κ1) is 12.8. The minimum Gasteiger partial charge on any atom is -0.467 e. The normalized spacial score (nSPS) is 12.8. The number of rotatable bonds is 6. The number of nitrogens with one attached hydrogen (secondary N) is 1. The fourth-order valence-electron chi connectivity index (χ4n) is 1.38. The van der Waals surface area contributed by atoms with Crippen LogP contribution in [0, 0.1) is 5.92 Å². The quantitative estimate of drug-likeness (QED) is 0.776. The summed E-state index contributed by atoms with van der Waals surface area (Å²) in [5, 5.41) is 11.9. The van der Waals surface area contributed by atoms with E-state index in [9.17, 15) is 4.79 Å². The molecule has 0 saturated heterocycles. The molecule has 0 aliphatic heterocycles. The summed E-state index contributed by atoms with van der Waals surface area (Å²) < 4.78 is 5.14. The molecule has 1 aromatic heterocycles. The SMILES string of the molecule is CC(C)CCC(=O)NC(CO)c1ccco1. The van der Waals surface area contributed by atoms with Gasteiger partial charge in [-0.15, -0.1) is 0 Å². The molecule has 16 heavy (non-hydrogen) atoms. The molecule has 0 radical (unpaired) electrons. The van der Waals surface area contributed by atoms with E-state index in [1.807, 2.05) is 0 Å². The number of hydrogen-bond donors (Lipinski definition) is 2. The van der Waals surface area contributed by atoms with Crippen LogP contribution in [-0.2, 0) is 4.79 Å². The van der Waals surface area contributed by atoms with E-state index in [0.717, 1.165) is 6.42 Å². The lowest BCUT2D eigenvalue weighted by atomic mass is 10.1. The Morgan fingerprint density at radius 2 is 2.31 bits per heavy atom. The second kappa shape index (κ2) is 6.33. The first-order valence-corrected chi connectivity index (χ1v) is 5.57. The van der Waals surface area contributed by atoms with Crippen LogP contribution in [0.5, 0.6) is 0 Å². The van der Waals surface area contributed by atoms with Crippen LogP contribution in [0.4, 0.5) is 0 Å². The summed E-state index contributed by atoms with van der Waals surface area (Å²) in [6.45, 7) is 3.99. The van der Waals surface area contributed by atoms with Crippen LogP contribution >= 0.6 is 0 Å². The van der Waals surface area contributed by atoms with Gasteiger partial charge in [-0.1, -0.05) is 13.8 Å². The van der Waals surface area contributed by atoms with Crippen molar-refractivity contribution in [3.63, 3.8) is 0 Å². The van der Waals surface area contributed by atoms with Gasteiger partial charge in [0.2, 0.25) is 5.91 Å². The number of furan rings is 1. The van der Waals surface area contributed by atoms with Crippen LogP contribution in [0.15, 0.2) is 22.8 Å². The van der Waals surface area contributed by atoms with Gasteiger partial charge in [0.1, 0.15) is 11.8 Å². The van der Waals surface area contributed by atoms with E-state index in [4.69, 9.17) is 9.52 Å². The van der Waals surface area contributed by atoms with Gasteiger partial charge < -0.3 is 14.8 Å². The van der Waals surface area contributed by atoms with E-state index in [-0.39, 0.29) is 12.5 Å². The maximum Gasteiger partial charge on any atom is 0.220 e. The smallest absolute Gasteiger partial charge is 0.220 e. The lowest BCUT2D eigenvalue weighted by Crippen LogP contribution is -2.30. The van der Waals surface area contributed by atoms with Gasteiger partial charge in [0.15, 0.2) is 0 Å². The topological polar surface area (TPSA) is 62.5 Å². The van der Waals surface area contributed by atoms with E-state index in [0.29, 0.717) is 18.1 Å². The van der Waals surface area contributed by atoms with Crippen LogP contribution in [0.3, 0.4) is 0 Å². The zero-order valence-electron chi connectivity index (χ0n) is 9.77. The molecule has 0 fully saturated rings. The molecule has 1 aromatic rings. The van der Waals surface area contributed by atoms with Crippen molar-refractivity contribution < 1.29 is 14.3 Å². The molecule has 1 heterocycles. The Morgan fingerprint density at radius 3 is 2.81 bits per heavy atom. The standard InChI is InChI=1S/C12H19NO3/c1-9(2)5-6-12(15)13-10(8-14)11-4-3-7-16-11/h3-4,7,9-10,14H,5-6,8H2,1-2H3,(H,13,15). The molecular formula is C12H19NO3. The molecule has 4 heteroatoms. The van der Waals surface area contributed by atoms with Gasteiger partial charge in [-0.05, 0) is 24.5 Å². The third-order valence-electron chi connectivity index (χ3n) is 2.35. The van der Waals surface area contributed by atoms with Crippen molar-refractivity contribution >= 4 is 5.91 Å². The molecule has 0 aliphatic carbocycles. The largest absolute Gasteiger partial charge is 0.467 e. The Kier molecular flexibility index (Phi) is 5.05. The number of aliphatic hydroxyl groups excluding tert-OH is 1. The van der Waals surface area contributed by atoms with Crippen molar-refractivity contribution in [3.05, 3.63) is 24.2 Å². The molecule has 0 saturated carbocycles. The van der Waals surface area contributed by atoms with Crippen molar-refractivity contribution in [3.8, 4) is 0 Å². The predicted molar refractivity (Wildman–Crippen MR) is 60.7 cm³/mol. The Bertz CT molecular complexity index is 306. The summed E-state index contributed by atoms with van der Waals surface area (Å²) in [5.74, 6) is 1.03. The second-order valence-electron chi connectivity index (χ2n) is 4.25. The molecule has 1 unspecified atom stereocenters. The fraction of sp³-hybridized carbons (Fsp3) is 0.583. The maximum absolute atomic E-state index is 11.5. The average molecular weight is 225 g/mol. The fourth-order valence-corrected chi connectivity index (χ4v) is 1.38. The van der Waals surface area contributed by atoms with Gasteiger partial charge >= 0.3 is 0 Å². The van der Waals surface area contributed by atoms with E-state index >= 15 is 0 Å². The zero-order valence-corrected chi connectivity index (χ0v) is 9.77. The summed E-state index contributed by atoms with van der Waals surface area (Å²) in [7, 11) is 0. The molecule has 0 spiro atoms. The number of carbonyl (C=O) groups is 1. The molecule has 1 amide bonds. The van der Waals surface area contributed by atoms with Crippen LogP contribution in [-0.4, -0.2) is 17.6 Å². The average Bonchev–Trinajstić information content (AvgIpc) is 2.76. The molecule has 90 valence electrons. The highest BCUT2D eigenvalue weighted by molar-refractivity contribution is 5.76. The summed E-state index contributed by atoms with van der Waals surface area (Å²) >= 11 is 0. The third-order valence-corrected chi connectivity index (χ3v) is 2.35. The van der Waals surface area contributed by atoms with Gasteiger partial charge in [-0.3, -0.25) is 4.79 Å². The van der Waals surface area contributed by atoms with E-state index < -0.39 is 6.04 Å². The van der Waals surface area contributed by atoms with E-state index in [2.05, 4.69) is 19.2 Å². The molecule has 1 atom stereocenters. The lowest BCUT2D eigenvalue weighted by molar-refractivity contribution is -0.122. The van der Waals surface area contributed by atoms with Crippen molar-refractivity contribution in [2.75, 3.05) is 6.61 Å². The van der Waals surface area contributed by atoms with Crippen molar-refractivity contribution in [2.45, 2.75) is 32.7 Å². The summed E-state index contributed by atoms with van der Waals surface area (Å²) in [5.41, 5.74) is 0. The van der Waals surface area contributed by atoms with Gasteiger partial charge in [-0.2, -0.15) is 0 Å². The van der Waals surface area contributed by atoms with Crippen molar-refractivity contribution in [1.29, 1.82) is 0 Å². The summed E-state index contributed by atoms with van der Waals surface area (Å²) in [4.78, 5) is 11.5. The highest BCUT2D eigenvalue weighted by atomic mass is 16.3. The number of aliphatic hydroxyl groups is 1. The summed E-state index contributed by atoms with van der Waals surface area (Å²) in [6.07, 6.45) is 2.86. The molecule has 0 aliphatic rings. The first-order valence-electron chi connectivity index (χ1n) is 5.57. The van der Waals surface area contributed by atoms with Crippen LogP contribution < -0.4 is 5.32 Å². The molecular weight excluding hydrogens is 206 g/mol. The van der Waals surface area contributed by atoms with Crippen LogP contribution in [0.25, 0.3) is 0 Å². The summed E-state index contributed by atoms with van der Waals surface area (Å²) in [6, 6.07) is 3.04. The van der Waals surface area contributed by atoms with Gasteiger partial charge in [0.25, 0.3) is 0 Å². The van der Waals surface area contributed by atoms with Crippen molar-refractivity contribution in [2.24, 2.45) is 5.92 Å². The number of carbonyl (C=O) groups excluding carboxylic acids is 1. The Morgan fingerprint density at radius 1 is 1.56 bits per heavy atom. The monoisotopic (exact) mass is 225 g/mol. The van der Waals surface area contributed by atoms with Crippen LogP contribution in [0.2, 0.25) is 0 Å². The molecule has 2 N–H and O–H groups in total. The molecule has 0 bridgehead atoms. The molecule has 0 aromatic carbocycles. The third kappa shape index (κ3) is 4.06. The minimum absolute atomic E-state index is 0.0517. The van der Waals surface area contributed by atoms with E-state index in [1.54, 1.807) is 12.1 Å². The Labute approximate surface area is 95.7 Å². The van der Waals surface area contributed by atoms with Crippen LogP contribution in [0.1, 0.15) is 38.5 Å². The van der Waals surface area contributed by atoms with Crippen molar-refractivity contribution in [1.82, 2.24) is 5.32 Å². The first-order chi connectivity index (χ1) is 7.63. The van der Waals surface area contributed by atoms with Gasteiger partial charge in [-0.25, -0.2) is 0 Å². The minimum atomic E-state index is -0.435. The number of amides is 1. The Hall–Kier alpha value is -1.29. The van der Waals surface area contributed by atoms with Gasteiger partial charge in [0, 0.05) is 6.42 Å². The highest BCUT2D eigenvalue weighted by Gasteiger charge is 2.15. The molecule has 4 nitrogen and oxygen atoms in total. The number of hydrogen-bond acceptors (Lipinski definition) is 3. The predicted octanol–water partition coefficient (Wildman–Crippen LogP) is 1.87. The van der Waals surface area contributed by atoms with Gasteiger partial charge in [0.05, 0.1) is 12.9 Å². The zero-order chi connectivity index (χ0) is 12.0. The Balaban J connectivity index is 2.42. The molecule has 1 rings (SSSR count). The lowest BCUT2D eigenvalue weighted by Gasteiger charge is -2.14.